The van der Waals surface area contributed by atoms with Crippen molar-refractivity contribution in [2.24, 2.45) is 5.92 Å². The predicted molar refractivity (Wildman–Crippen MR) is 84.2 cm³/mol. The zero-order valence-electron chi connectivity index (χ0n) is 13.6. The van der Waals surface area contributed by atoms with Crippen molar-refractivity contribution >= 4 is 23.3 Å². The number of rotatable bonds is 1. The Bertz CT molecular complexity index is 809. The van der Waals surface area contributed by atoms with Gasteiger partial charge in [-0.15, -0.1) is 0 Å². The normalized spacial score (nSPS) is 31.2. The smallest absolute Gasteiger partial charge is 0.324 e. The van der Waals surface area contributed by atoms with Crippen molar-refractivity contribution < 1.29 is 38.8 Å². The molecule has 1 aromatic carbocycles. The predicted octanol–water partition coefficient (Wildman–Crippen LogP) is 0.658. The fourth-order valence-electron chi connectivity index (χ4n) is 3.64. The van der Waals surface area contributed by atoms with Crippen LogP contribution in [0.2, 0.25) is 0 Å². The maximum Gasteiger partial charge on any atom is 0.324 e. The second-order valence-corrected chi connectivity index (χ2v) is 6.56. The highest BCUT2D eigenvalue weighted by molar-refractivity contribution is 6.23. The van der Waals surface area contributed by atoms with E-state index in [-0.39, 0.29) is 35.9 Å². The van der Waals surface area contributed by atoms with Crippen LogP contribution >= 0.6 is 0 Å². The number of benzene rings is 1. The van der Waals surface area contributed by atoms with Gasteiger partial charge in [0, 0.05) is 12.8 Å². The molecular formula is C18H16O8. The molecule has 8 heteroatoms. The lowest BCUT2D eigenvalue weighted by atomic mass is 9.75. The minimum atomic E-state index is -0.895. The number of aliphatic hydroxyl groups is 1. The number of fused-ring (bicyclic) bond motifs is 5. The van der Waals surface area contributed by atoms with Gasteiger partial charge in [0.2, 0.25) is 0 Å². The Labute approximate surface area is 148 Å². The van der Waals surface area contributed by atoms with Crippen LogP contribution in [0.15, 0.2) is 30.2 Å². The number of hydrogen-bond donors (Lipinski definition) is 2. The monoisotopic (exact) mass is 360 g/mol. The van der Waals surface area contributed by atoms with Gasteiger partial charge in [0.05, 0.1) is 12.0 Å². The number of phenols is 1. The van der Waals surface area contributed by atoms with Crippen molar-refractivity contribution in [3.63, 3.8) is 0 Å². The molecule has 3 heterocycles. The summed E-state index contributed by atoms with van der Waals surface area (Å²) in [6.45, 7) is 0. The average molecular weight is 360 g/mol. The molecule has 1 saturated heterocycles. The maximum absolute atomic E-state index is 13.2. The fourth-order valence-corrected chi connectivity index (χ4v) is 3.64. The van der Waals surface area contributed by atoms with E-state index < -0.39 is 42.6 Å². The lowest BCUT2D eigenvalue weighted by Crippen LogP contribution is -2.52. The van der Waals surface area contributed by atoms with Crippen molar-refractivity contribution in [1.29, 1.82) is 0 Å². The molecule has 26 heavy (non-hydrogen) atoms. The minimum absolute atomic E-state index is 0.0173. The minimum Gasteiger partial charge on any atom is -0.508 e. The Morgan fingerprint density at radius 1 is 0.923 bits per heavy atom. The van der Waals surface area contributed by atoms with Crippen LogP contribution in [-0.4, -0.2) is 46.2 Å². The third-order valence-electron chi connectivity index (χ3n) is 4.76. The highest BCUT2D eigenvalue weighted by atomic mass is 16.7. The second-order valence-electron chi connectivity index (χ2n) is 6.56. The number of aliphatic hydroxyl groups excluding tert-OH is 1. The van der Waals surface area contributed by atoms with E-state index in [2.05, 4.69) is 0 Å². The molecule has 1 aliphatic carbocycles. The van der Waals surface area contributed by atoms with Crippen LogP contribution in [0, 0.1) is 5.92 Å². The van der Waals surface area contributed by atoms with E-state index in [1.54, 1.807) is 0 Å². The summed E-state index contributed by atoms with van der Waals surface area (Å²) in [6.07, 6.45) is -2.81. The van der Waals surface area contributed by atoms with Gasteiger partial charge in [-0.2, -0.15) is 0 Å². The van der Waals surface area contributed by atoms with Crippen LogP contribution in [0.1, 0.15) is 24.8 Å². The van der Waals surface area contributed by atoms with E-state index in [9.17, 15) is 24.6 Å². The first kappa shape index (κ1) is 16.6. The summed E-state index contributed by atoms with van der Waals surface area (Å²) in [5.74, 6) is -3.15. The molecule has 8 nitrogen and oxygen atoms in total. The second kappa shape index (κ2) is 6.14. The first-order chi connectivity index (χ1) is 12.4. The van der Waals surface area contributed by atoms with E-state index in [0.717, 1.165) is 0 Å². The summed E-state index contributed by atoms with van der Waals surface area (Å²) in [6, 6.07) is 5.80. The highest BCUT2D eigenvalue weighted by Crippen LogP contribution is 2.42. The van der Waals surface area contributed by atoms with Crippen LogP contribution in [-0.2, 0) is 28.6 Å². The lowest BCUT2D eigenvalue weighted by molar-refractivity contribution is -0.181. The zero-order valence-corrected chi connectivity index (χ0v) is 13.6. The number of allylic oxidation sites excluding steroid dienone is 1. The van der Waals surface area contributed by atoms with E-state index >= 15 is 0 Å². The summed E-state index contributed by atoms with van der Waals surface area (Å²) < 4.78 is 16.2. The van der Waals surface area contributed by atoms with Crippen LogP contribution in [0.4, 0.5) is 0 Å². The third-order valence-corrected chi connectivity index (χ3v) is 4.76. The van der Waals surface area contributed by atoms with Gasteiger partial charge in [-0.05, 0) is 17.7 Å². The number of carbonyl (C=O) groups is 3. The SMILES string of the molecule is O=C1CC(=O)OC2CC(O)CC3OC(=C(c4ccc(O)cc4)C(=O)C23)O1. The number of esters is 2. The summed E-state index contributed by atoms with van der Waals surface area (Å²) in [5.41, 5.74) is 0.463. The number of ketones is 1. The molecule has 4 aliphatic rings. The topological polar surface area (TPSA) is 119 Å². The largest absolute Gasteiger partial charge is 0.508 e. The van der Waals surface area contributed by atoms with Crippen molar-refractivity contribution in [3.05, 3.63) is 35.8 Å². The lowest BCUT2D eigenvalue weighted by Gasteiger charge is -2.42. The molecule has 2 N–H and O–H groups in total. The Balaban J connectivity index is 1.85. The summed E-state index contributed by atoms with van der Waals surface area (Å²) in [4.78, 5) is 37.1. The van der Waals surface area contributed by atoms with Crippen LogP contribution in [0.3, 0.4) is 0 Å². The van der Waals surface area contributed by atoms with Crippen LogP contribution in [0.25, 0.3) is 5.57 Å². The molecule has 0 spiro atoms. The van der Waals surface area contributed by atoms with Crippen molar-refractivity contribution in [2.75, 3.05) is 0 Å². The van der Waals surface area contributed by atoms with Crippen molar-refractivity contribution in [3.8, 4) is 5.75 Å². The summed E-state index contributed by atoms with van der Waals surface area (Å²) >= 11 is 0. The molecular weight excluding hydrogens is 344 g/mol. The number of aromatic hydroxyl groups is 1. The number of Topliss-reactive ketones (excluding diaryl/α,β-unsaturated/α-hetero) is 1. The summed E-state index contributed by atoms with van der Waals surface area (Å²) in [7, 11) is 0. The van der Waals surface area contributed by atoms with Gasteiger partial charge in [-0.25, -0.2) is 0 Å². The van der Waals surface area contributed by atoms with Gasteiger partial charge in [-0.3, -0.25) is 14.4 Å². The number of ether oxygens (including phenoxy) is 3. The first-order valence-corrected chi connectivity index (χ1v) is 8.25. The molecule has 1 aromatic rings. The highest BCUT2D eigenvalue weighted by Gasteiger charge is 2.51. The standard InChI is InChI=1S/C18H16O8/c19-9-3-1-8(2-4-9)15-17(23)16-11-5-10(20)6-12(16)25-18(15)26-14(22)7-13(21)24-11/h1-4,10-12,16,19-20H,5-7H2. The Kier molecular flexibility index (Phi) is 3.91. The molecule has 0 aromatic heterocycles. The van der Waals surface area contributed by atoms with Crippen LogP contribution in [0.5, 0.6) is 5.75 Å². The fraction of sp³-hybridized carbons (Fsp3) is 0.389. The molecule has 4 bridgehead atoms. The number of carbonyl (C=O) groups excluding carboxylic acids is 3. The summed E-state index contributed by atoms with van der Waals surface area (Å²) in [5, 5.41) is 19.5. The van der Waals surface area contributed by atoms with Gasteiger partial charge in [0.25, 0.3) is 5.95 Å². The molecule has 4 unspecified atom stereocenters. The van der Waals surface area contributed by atoms with Gasteiger partial charge < -0.3 is 24.4 Å². The zero-order chi connectivity index (χ0) is 18.4. The number of hydrogen-bond acceptors (Lipinski definition) is 8. The molecule has 136 valence electrons. The Morgan fingerprint density at radius 3 is 2.27 bits per heavy atom. The first-order valence-electron chi connectivity index (χ1n) is 8.25. The van der Waals surface area contributed by atoms with Gasteiger partial charge >= 0.3 is 11.9 Å². The van der Waals surface area contributed by atoms with Crippen LogP contribution < -0.4 is 0 Å². The number of phenolic OH excluding ortho intramolecular Hbond substituents is 1. The molecule has 3 aliphatic heterocycles. The van der Waals surface area contributed by atoms with E-state index in [0.29, 0.717) is 5.56 Å². The van der Waals surface area contributed by atoms with Gasteiger partial charge in [0.15, 0.2) is 5.78 Å². The molecule has 1 saturated carbocycles. The average Bonchev–Trinajstić information content (AvgIpc) is 2.54. The van der Waals surface area contributed by atoms with E-state index in [1.165, 1.54) is 24.3 Å². The molecule has 2 fully saturated rings. The third kappa shape index (κ3) is 2.82. The Hall–Kier alpha value is -2.87. The van der Waals surface area contributed by atoms with E-state index in [4.69, 9.17) is 14.2 Å². The Morgan fingerprint density at radius 2 is 1.58 bits per heavy atom. The van der Waals surface area contributed by atoms with Crippen molar-refractivity contribution in [2.45, 2.75) is 37.6 Å². The quantitative estimate of drug-likeness (QED) is 0.554. The van der Waals surface area contributed by atoms with Gasteiger partial charge in [0.1, 0.15) is 30.0 Å². The molecule has 5 rings (SSSR count). The molecule has 0 amide bonds. The molecule has 4 atom stereocenters. The molecule has 0 radical (unpaired) electrons. The maximum atomic E-state index is 13.2. The van der Waals surface area contributed by atoms with Crippen molar-refractivity contribution in [1.82, 2.24) is 0 Å². The van der Waals surface area contributed by atoms with Gasteiger partial charge in [-0.1, -0.05) is 12.1 Å². The van der Waals surface area contributed by atoms with E-state index in [1.807, 2.05) is 0 Å².